The highest BCUT2D eigenvalue weighted by atomic mass is 32.1. The Balaban J connectivity index is 2.96. The Hall–Kier alpha value is -2.79. The van der Waals surface area contributed by atoms with E-state index in [2.05, 4.69) is 28.6 Å². The molecular weight excluding hydrogens is 472 g/mol. The van der Waals surface area contributed by atoms with Crippen LogP contribution in [0.5, 0.6) is 5.75 Å². The van der Waals surface area contributed by atoms with Gasteiger partial charge >= 0.3 is 5.97 Å². The van der Waals surface area contributed by atoms with E-state index >= 15 is 0 Å². The molecule has 7 N–H and O–H groups in total. The van der Waals surface area contributed by atoms with Gasteiger partial charge in [-0.15, -0.1) is 0 Å². The molecule has 0 aliphatic carbocycles. The maximum Gasteiger partial charge on any atom is 0.327 e. The summed E-state index contributed by atoms with van der Waals surface area (Å²) in [5.41, 5.74) is 6.80. The molecule has 0 bridgehead atoms. The molecular formula is C24H38N4O6S. The third-order valence-electron chi connectivity index (χ3n) is 5.66. The fourth-order valence-corrected chi connectivity index (χ4v) is 3.61. The molecule has 3 amide bonds. The van der Waals surface area contributed by atoms with Gasteiger partial charge in [-0.3, -0.25) is 14.4 Å². The summed E-state index contributed by atoms with van der Waals surface area (Å²) in [6, 6.07) is 2.26. The fourth-order valence-electron chi connectivity index (χ4n) is 3.36. The van der Waals surface area contributed by atoms with E-state index in [9.17, 15) is 29.4 Å². The van der Waals surface area contributed by atoms with Crippen LogP contribution in [0.15, 0.2) is 24.3 Å². The normalized spacial score (nSPS) is 15.4. The number of carboxylic acid groups (broad SMARTS) is 1. The van der Waals surface area contributed by atoms with E-state index in [1.165, 1.54) is 12.1 Å². The first-order valence-electron chi connectivity index (χ1n) is 11.7. The van der Waals surface area contributed by atoms with Crippen LogP contribution in [0.2, 0.25) is 0 Å². The van der Waals surface area contributed by atoms with Crippen molar-refractivity contribution in [2.75, 3.05) is 5.75 Å². The lowest BCUT2D eigenvalue weighted by Crippen LogP contribution is -2.59. The number of thiol groups is 1. The Kier molecular flexibility index (Phi) is 12.6. The van der Waals surface area contributed by atoms with Crippen LogP contribution in [0.3, 0.4) is 0 Å². The maximum absolute atomic E-state index is 13.2. The second-order valence-electron chi connectivity index (χ2n) is 9.12. The lowest BCUT2D eigenvalue weighted by Gasteiger charge is -2.28. The second kappa shape index (κ2) is 14.6. The number of hydrogen-bond acceptors (Lipinski definition) is 7. The van der Waals surface area contributed by atoms with Crippen LogP contribution < -0.4 is 21.7 Å². The zero-order valence-corrected chi connectivity index (χ0v) is 21.5. The largest absolute Gasteiger partial charge is 0.508 e. The number of nitrogens with two attached hydrogens (primary N) is 1. The van der Waals surface area contributed by atoms with Gasteiger partial charge in [0.15, 0.2) is 0 Å². The molecule has 5 atom stereocenters. The molecule has 0 aromatic heterocycles. The van der Waals surface area contributed by atoms with Crippen molar-refractivity contribution in [3.8, 4) is 5.75 Å². The van der Waals surface area contributed by atoms with Gasteiger partial charge in [0, 0.05) is 5.75 Å². The van der Waals surface area contributed by atoms with Crippen LogP contribution in [-0.2, 0) is 25.6 Å². The van der Waals surface area contributed by atoms with Crippen LogP contribution in [0, 0.1) is 11.8 Å². The highest BCUT2D eigenvalue weighted by Gasteiger charge is 2.32. The highest BCUT2D eigenvalue weighted by molar-refractivity contribution is 7.80. The van der Waals surface area contributed by atoms with Gasteiger partial charge in [-0.25, -0.2) is 4.79 Å². The minimum absolute atomic E-state index is 0.0517. The monoisotopic (exact) mass is 510 g/mol. The summed E-state index contributed by atoms with van der Waals surface area (Å²) >= 11 is 3.96. The Labute approximate surface area is 211 Å². The zero-order chi connectivity index (χ0) is 26.7. The van der Waals surface area contributed by atoms with Gasteiger partial charge in [0.2, 0.25) is 17.7 Å². The molecule has 0 spiro atoms. The number of nitrogens with one attached hydrogen (secondary N) is 3. The minimum atomic E-state index is -1.23. The molecule has 0 fully saturated rings. The van der Waals surface area contributed by atoms with E-state index in [0.29, 0.717) is 12.8 Å². The summed E-state index contributed by atoms with van der Waals surface area (Å²) in [4.78, 5) is 50.0. The quantitative estimate of drug-likeness (QED) is 0.182. The molecule has 10 nitrogen and oxygen atoms in total. The van der Waals surface area contributed by atoms with Crippen molar-refractivity contribution in [2.45, 2.75) is 71.1 Å². The second-order valence-corrected chi connectivity index (χ2v) is 9.49. The Morgan fingerprint density at radius 1 is 0.943 bits per heavy atom. The maximum atomic E-state index is 13.2. The van der Waals surface area contributed by atoms with E-state index in [4.69, 9.17) is 5.73 Å². The summed E-state index contributed by atoms with van der Waals surface area (Å²) < 4.78 is 0. The Bertz CT molecular complexity index is 864. The van der Waals surface area contributed by atoms with Gasteiger partial charge in [0.1, 0.15) is 23.9 Å². The fraction of sp³-hybridized carbons (Fsp3) is 0.583. The zero-order valence-electron chi connectivity index (χ0n) is 20.7. The van der Waals surface area contributed by atoms with Crippen molar-refractivity contribution in [1.29, 1.82) is 0 Å². The molecule has 1 aromatic rings. The standard InChI is InChI=1S/C24H38N4O6S/c1-5-14(4)20(23(32)27-19(12-35)24(33)34)28-22(31)18(10-13(2)3)26-21(30)17(25)11-15-6-8-16(29)9-7-15/h6-9,13-14,17-20,29,35H,5,10-12,25H2,1-4H3,(H,26,30)(H,27,32)(H,28,31)(H,33,34). The predicted octanol–water partition coefficient (Wildman–Crippen LogP) is 0.823. The van der Waals surface area contributed by atoms with Crippen LogP contribution in [0.1, 0.15) is 46.1 Å². The first kappa shape index (κ1) is 30.2. The summed E-state index contributed by atoms with van der Waals surface area (Å²) in [6.07, 6.45) is 1.07. The van der Waals surface area contributed by atoms with E-state index < -0.39 is 47.9 Å². The minimum Gasteiger partial charge on any atom is -0.508 e. The van der Waals surface area contributed by atoms with Gasteiger partial charge < -0.3 is 31.9 Å². The SMILES string of the molecule is CCC(C)C(NC(=O)C(CC(C)C)NC(=O)C(N)Cc1ccc(O)cc1)C(=O)NC(CS)C(=O)O. The summed E-state index contributed by atoms with van der Waals surface area (Å²) in [5.74, 6) is -3.18. The first-order valence-corrected chi connectivity index (χ1v) is 12.3. The van der Waals surface area contributed by atoms with Gasteiger partial charge in [0.05, 0.1) is 6.04 Å². The smallest absolute Gasteiger partial charge is 0.327 e. The van der Waals surface area contributed by atoms with Crippen LogP contribution in [0.4, 0.5) is 0 Å². The molecule has 0 aliphatic heterocycles. The van der Waals surface area contributed by atoms with Crippen LogP contribution in [0.25, 0.3) is 0 Å². The predicted molar refractivity (Wildman–Crippen MR) is 136 cm³/mol. The average Bonchev–Trinajstić information content (AvgIpc) is 2.80. The van der Waals surface area contributed by atoms with E-state index in [-0.39, 0.29) is 29.8 Å². The number of aromatic hydroxyl groups is 1. The number of rotatable bonds is 14. The molecule has 0 heterocycles. The molecule has 1 aromatic carbocycles. The molecule has 35 heavy (non-hydrogen) atoms. The summed E-state index contributed by atoms with van der Waals surface area (Å²) in [7, 11) is 0. The van der Waals surface area contributed by atoms with Crippen molar-refractivity contribution in [3.63, 3.8) is 0 Å². The van der Waals surface area contributed by atoms with Crippen molar-refractivity contribution in [3.05, 3.63) is 29.8 Å². The number of benzene rings is 1. The van der Waals surface area contributed by atoms with Gasteiger partial charge in [-0.1, -0.05) is 46.2 Å². The molecule has 1 rings (SSSR count). The van der Waals surface area contributed by atoms with E-state index in [0.717, 1.165) is 5.56 Å². The van der Waals surface area contributed by atoms with Crippen LogP contribution >= 0.6 is 12.6 Å². The Morgan fingerprint density at radius 2 is 1.51 bits per heavy atom. The molecule has 5 unspecified atom stereocenters. The number of amides is 3. The van der Waals surface area contributed by atoms with Crippen molar-refractivity contribution in [2.24, 2.45) is 17.6 Å². The molecule has 0 saturated carbocycles. The lowest BCUT2D eigenvalue weighted by atomic mass is 9.96. The molecule has 196 valence electrons. The van der Waals surface area contributed by atoms with Crippen molar-refractivity contribution < 1.29 is 29.4 Å². The lowest BCUT2D eigenvalue weighted by molar-refractivity contribution is -0.142. The summed E-state index contributed by atoms with van der Waals surface area (Å²) in [5, 5.41) is 26.4. The molecule has 0 saturated heterocycles. The molecule has 0 radical (unpaired) electrons. The number of phenolic OH excluding ortho intramolecular Hbond substituents is 1. The number of carbonyl (C=O) groups is 4. The van der Waals surface area contributed by atoms with Gasteiger partial charge in [-0.05, 0) is 42.4 Å². The van der Waals surface area contributed by atoms with Gasteiger partial charge in [0.25, 0.3) is 0 Å². The number of hydrogen-bond donors (Lipinski definition) is 7. The summed E-state index contributed by atoms with van der Waals surface area (Å²) in [6.45, 7) is 7.41. The van der Waals surface area contributed by atoms with Crippen molar-refractivity contribution >= 4 is 36.3 Å². The topological polar surface area (TPSA) is 171 Å². The van der Waals surface area contributed by atoms with Gasteiger partial charge in [-0.2, -0.15) is 12.6 Å². The van der Waals surface area contributed by atoms with E-state index in [1.807, 2.05) is 20.8 Å². The third kappa shape index (κ3) is 10.2. The molecule has 11 heteroatoms. The Morgan fingerprint density at radius 3 is 2.00 bits per heavy atom. The third-order valence-corrected chi connectivity index (χ3v) is 6.02. The van der Waals surface area contributed by atoms with E-state index in [1.54, 1.807) is 19.1 Å². The number of phenols is 1. The first-order chi connectivity index (χ1) is 16.4. The molecule has 0 aliphatic rings. The highest BCUT2D eigenvalue weighted by Crippen LogP contribution is 2.13. The number of carboxylic acids is 1. The van der Waals surface area contributed by atoms with Crippen molar-refractivity contribution in [1.82, 2.24) is 16.0 Å². The average molecular weight is 511 g/mol. The number of aliphatic carboxylic acids is 1. The number of carbonyl (C=O) groups excluding carboxylic acids is 3. The van der Waals surface area contributed by atoms with Crippen LogP contribution in [-0.4, -0.2) is 63.8 Å².